The number of aromatic nitrogens is 2. The Morgan fingerprint density at radius 3 is 2.39 bits per heavy atom. The molecule has 18 heavy (non-hydrogen) atoms. The molecule has 0 radical (unpaired) electrons. The summed E-state index contributed by atoms with van der Waals surface area (Å²) in [7, 11) is 1.59. The van der Waals surface area contributed by atoms with E-state index in [1.807, 2.05) is 6.92 Å². The van der Waals surface area contributed by atoms with Crippen LogP contribution in [-0.4, -0.2) is 22.7 Å². The van der Waals surface area contributed by atoms with E-state index < -0.39 is 0 Å². The maximum atomic E-state index is 12.6. The predicted molar refractivity (Wildman–Crippen MR) is 72.1 cm³/mol. The number of aryl methyl sites for hydroxylation is 1. The molecule has 1 aromatic rings. The van der Waals surface area contributed by atoms with Gasteiger partial charge in [-0.15, -0.1) is 0 Å². The average Bonchev–Trinajstić information content (AvgIpc) is 2.80. The molecule has 0 unspecified atom stereocenters. The molecule has 0 bridgehead atoms. The number of ether oxygens (including phenoxy) is 1. The standard InChI is InChI=1S/C14H24N2O2/c1-5-8-11(9-6-2)14(17)13-12(18-4)10-15-16(13)7-3/h10-11H,5-9H2,1-4H3. The Bertz CT molecular complexity index is 358. The van der Waals surface area contributed by atoms with Crippen molar-refractivity contribution in [2.45, 2.75) is 53.0 Å². The van der Waals surface area contributed by atoms with Gasteiger partial charge in [0.05, 0.1) is 13.3 Å². The average molecular weight is 252 g/mol. The molecule has 1 rings (SSSR count). The maximum absolute atomic E-state index is 12.6. The van der Waals surface area contributed by atoms with E-state index in [4.69, 9.17) is 4.74 Å². The zero-order chi connectivity index (χ0) is 13.5. The fourth-order valence-electron chi connectivity index (χ4n) is 2.30. The van der Waals surface area contributed by atoms with Gasteiger partial charge in [0.15, 0.2) is 11.5 Å². The van der Waals surface area contributed by atoms with Gasteiger partial charge in [0.1, 0.15) is 5.69 Å². The van der Waals surface area contributed by atoms with Crippen LogP contribution in [0.2, 0.25) is 0 Å². The van der Waals surface area contributed by atoms with Crippen molar-refractivity contribution in [2.24, 2.45) is 5.92 Å². The van der Waals surface area contributed by atoms with Crippen LogP contribution in [0.15, 0.2) is 6.20 Å². The molecule has 0 aromatic carbocycles. The Morgan fingerprint density at radius 2 is 1.94 bits per heavy atom. The van der Waals surface area contributed by atoms with Gasteiger partial charge in [0, 0.05) is 12.5 Å². The Kier molecular flexibility index (Phi) is 5.89. The Labute approximate surface area is 109 Å². The molecule has 0 aliphatic rings. The Hall–Kier alpha value is -1.32. The number of Topliss-reactive ketones (excluding diaryl/α,β-unsaturated/α-hetero) is 1. The van der Waals surface area contributed by atoms with Gasteiger partial charge in [-0.25, -0.2) is 0 Å². The minimum Gasteiger partial charge on any atom is -0.493 e. The minimum atomic E-state index is 0.0934. The van der Waals surface area contributed by atoms with Crippen molar-refractivity contribution < 1.29 is 9.53 Å². The van der Waals surface area contributed by atoms with Crippen LogP contribution in [0.4, 0.5) is 0 Å². The van der Waals surface area contributed by atoms with Gasteiger partial charge in [-0.2, -0.15) is 5.10 Å². The molecule has 0 spiro atoms. The first-order valence-corrected chi connectivity index (χ1v) is 6.83. The molecule has 0 aliphatic carbocycles. The maximum Gasteiger partial charge on any atom is 0.187 e. The molecule has 0 N–H and O–H groups in total. The summed E-state index contributed by atoms with van der Waals surface area (Å²) in [5, 5.41) is 4.20. The molecule has 0 saturated carbocycles. The van der Waals surface area contributed by atoms with Crippen LogP contribution < -0.4 is 4.74 Å². The third kappa shape index (κ3) is 3.12. The number of rotatable bonds is 8. The minimum absolute atomic E-state index is 0.0934. The van der Waals surface area contributed by atoms with E-state index in [2.05, 4.69) is 18.9 Å². The van der Waals surface area contributed by atoms with Gasteiger partial charge in [-0.3, -0.25) is 9.48 Å². The molecule has 102 valence electrons. The first-order chi connectivity index (χ1) is 8.69. The lowest BCUT2D eigenvalue weighted by Gasteiger charge is -2.15. The number of carbonyl (C=O) groups excluding carboxylic acids is 1. The molecule has 0 aliphatic heterocycles. The van der Waals surface area contributed by atoms with Crippen molar-refractivity contribution in [1.29, 1.82) is 0 Å². The summed E-state index contributed by atoms with van der Waals surface area (Å²) in [5.41, 5.74) is 0.631. The number of ketones is 1. The second kappa shape index (κ2) is 7.19. The first-order valence-electron chi connectivity index (χ1n) is 6.83. The highest BCUT2D eigenvalue weighted by atomic mass is 16.5. The van der Waals surface area contributed by atoms with Crippen molar-refractivity contribution in [1.82, 2.24) is 9.78 Å². The second-order valence-corrected chi connectivity index (χ2v) is 4.52. The third-order valence-electron chi connectivity index (χ3n) is 3.20. The zero-order valence-electron chi connectivity index (χ0n) is 11.9. The van der Waals surface area contributed by atoms with Crippen molar-refractivity contribution in [3.05, 3.63) is 11.9 Å². The van der Waals surface area contributed by atoms with E-state index in [0.717, 1.165) is 25.7 Å². The van der Waals surface area contributed by atoms with Crippen molar-refractivity contribution >= 4 is 5.78 Å². The van der Waals surface area contributed by atoms with E-state index in [-0.39, 0.29) is 11.7 Å². The number of hydrogen-bond donors (Lipinski definition) is 0. The van der Waals surface area contributed by atoms with E-state index in [1.54, 1.807) is 18.0 Å². The summed E-state index contributed by atoms with van der Waals surface area (Å²) in [6, 6.07) is 0. The number of carbonyl (C=O) groups is 1. The molecular formula is C14H24N2O2. The molecule has 0 amide bonds. The highest BCUT2D eigenvalue weighted by molar-refractivity contribution is 5.98. The van der Waals surface area contributed by atoms with Crippen LogP contribution >= 0.6 is 0 Å². The van der Waals surface area contributed by atoms with E-state index in [9.17, 15) is 4.79 Å². The van der Waals surface area contributed by atoms with Crippen LogP contribution in [-0.2, 0) is 6.54 Å². The molecule has 1 heterocycles. The molecule has 0 atom stereocenters. The second-order valence-electron chi connectivity index (χ2n) is 4.52. The van der Waals surface area contributed by atoms with Crippen LogP contribution in [0.1, 0.15) is 56.9 Å². The number of hydrogen-bond acceptors (Lipinski definition) is 3. The smallest absolute Gasteiger partial charge is 0.187 e. The van der Waals surface area contributed by atoms with Gasteiger partial charge < -0.3 is 4.74 Å². The summed E-state index contributed by atoms with van der Waals surface area (Å²) in [6.07, 6.45) is 5.55. The summed E-state index contributed by atoms with van der Waals surface area (Å²) in [4.78, 5) is 12.6. The highest BCUT2D eigenvalue weighted by Gasteiger charge is 2.25. The van der Waals surface area contributed by atoms with Gasteiger partial charge >= 0.3 is 0 Å². The van der Waals surface area contributed by atoms with Crippen LogP contribution in [0.25, 0.3) is 0 Å². The monoisotopic (exact) mass is 252 g/mol. The lowest BCUT2D eigenvalue weighted by atomic mass is 9.92. The van der Waals surface area contributed by atoms with Crippen molar-refractivity contribution in [2.75, 3.05) is 7.11 Å². The van der Waals surface area contributed by atoms with Gasteiger partial charge in [-0.05, 0) is 19.8 Å². The molecule has 4 nitrogen and oxygen atoms in total. The Morgan fingerprint density at radius 1 is 1.33 bits per heavy atom. The molecule has 4 heteroatoms. The summed E-state index contributed by atoms with van der Waals surface area (Å²) in [5.74, 6) is 0.866. The van der Waals surface area contributed by atoms with E-state index in [1.165, 1.54) is 0 Å². The fourth-order valence-corrected chi connectivity index (χ4v) is 2.30. The quantitative estimate of drug-likeness (QED) is 0.667. The number of nitrogens with zero attached hydrogens (tertiary/aromatic N) is 2. The molecule has 0 fully saturated rings. The predicted octanol–water partition coefficient (Wildman–Crippen LogP) is 3.31. The molecule has 0 saturated heterocycles. The van der Waals surface area contributed by atoms with Crippen molar-refractivity contribution in [3.63, 3.8) is 0 Å². The molecular weight excluding hydrogens is 228 g/mol. The SMILES string of the molecule is CCCC(CCC)C(=O)c1c(OC)cnn1CC. The molecule has 1 aromatic heterocycles. The summed E-state index contributed by atoms with van der Waals surface area (Å²) >= 11 is 0. The first kappa shape index (κ1) is 14.7. The topological polar surface area (TPSA) is 44.1 Å². The summed E-state index contributed by atoms with van der Waals surface area (Å²) < 4.78 is 6.99. The lowest BCUT2D eigenvalue weighted by molar-refractivity contribution is 0.0890. The van der Waals surface area contributed by atoms with Gasteiger partial charge in [-0.1, -0.05) is 26.7 Å². The third-order valence-corrected chi connectivity index (χ3v) is 3.20. The largest absolute Gasteiger partial charge is 0.493 e. The van der Waals surface area contributed by atoms with Crippen LogP contribution in [0.5, 0.6) is 5.75 Å². The highest BCUT2D eigenvalue weighted by Crippen LogP contribution is 2.25. The van der Waals surface area contributed by atoms with Crippen LogP contribution in [0.3, 0.4) is 0 Å². The number of methoxy groups -OCH3 is 1. The summed E-state index contributed by atoms with van der Waals surface area (Å²) in [6.45, 7) is 6.90. The lowest BCUT2D eigenvalue weighted by Crippen LogP contribution is -2.19. The normalized spacial score (nSPS) is 10.9. The van der Waals surface area contributed by atoms with E-state index in [0.29, 0.717) is 18.0 Å². The Balaban J connectivity index is 3.02. The van der Waals surface area contributed by atoms with Crippen LogP contribution in [0, 0.1) is 5.92 Å². The van der Waals surface area contributed by atoms with Gasteiger partial charge in [0.25, 0.3) is 0 Å². The van der Waals surface area contributed by atoms with E-state index >= 15 is 0 Å². The fraction of sp³-hybridized carbons (Fsp3) is 0.714. The zero-order valence-corrected chi connectivity index (χ0v) is 11.9. The van der Waals surface area contributed by atoms with Gasteiger partial charge in [0.2, 0.25) is 0 Å². The van der Waals surface area contributed by atoms with Crippen molar-refractivity contribution in [3.8, 4) is 5.75 Å².